The zero-order valence-electron chi connectivity index (χ0n) is 17.0. The lowest BCUT2D eigenvalue weighted by Crippen LogP contribution is -2.14. The monoisotopic (exact) mass is 385 g/mol. The van der Waals surface area contributed by atoms with Gasteiger partial charge in [-0.15, -0.1) is 0 Å². The van der Waals surface area contributed by atoms with E-state index < -0.39 is 0 Å². The lowest BCUT2D eigenvalue weighted by Gasteiger charge is -2.12. The van der Waals surface area contributed by atoms with Gasteiger partial charge in [-0.1, -0.05) is 30.3 Å². The van der Waals surface area contributed by atoms with Crippen molar-refractivity contribution in [3.05, 3.63) is 71.5 Å². The second-order valence-electron chi connectivity index (χ2n) is 7.41. The Morgan fingerprint density at radius 1 is 1.03 bits per heavy atom. The van der Waals surface area contributed by atoms with E-state index in [4.69, 9.17) is 4.98 Å². The average Bonchev–Trinajstić information content (AvgIpc) is 3.12. The van der Waals surface area contributed by atoms with Gasteiger partial charge in [-0.05, 0) is 51.5 Å². The molecule has 0 spiro atoms. The third-order valence-corrected chi connectivity index (χ3v) is 4.85. The molecule has 0 radical (unpaired) electrons. The Bertz CT molecular complexity index is 1210. The van der Waals surface area contributed by atoms with Crippen LogP contribution in [-0.4, -0.2) is 25.7 Å². The number of rotatable bonds is 4. The second kappa shape index (κ2) is 7.47. The summed E-state index contributed by atoms with van der Waals surface area (Å²) in [6.07, 6.45) is 1.71. The van der Waals surface area contributed by atoms with Crippen LogP contribution in [0.4, 0.5) is 5.82 Å². The zero-order valence-corrected chi connectivity index (χ0v) is 17.0. The van der Waals surface area contributed by atoms with Gasteiger partial charge in [-0.25, -0.2) is 14.6 Å². The van der Waals surface area contributed by atoms with Gasteiger partial charge >= 0.3 is 0 Å². The zero-order chi connectivity index (χ0) is 20.5. The van der Waals surface area contributed by atoms with Crippen molar-refractivity contribution in [2.45, 2.75) is 33.7 Å². The number of anilines is 1. The minimum Gasteiger partial charge on any atom is -0.307 e. The molecule has 0 aliphatic carbocycles. The van der Waals surface area contributed by atoms with Crippen molar-refractivity contribution in [2.75, 3.05) is 5.32 Å². The van der Waals surface area contributed by atoms with Crippen LogP contribution in [-0.2, 0) is 0 Å². The molecule has 1 amide bonds. The van der Waals surface area contributed by atoms with Crippen LogP contribution in [0.25, 0.3) is 22.3 Å². The number of nitrogens with zero attached hydrogens (tertiary/aromatic N) is 4. The Hall–Kier alpha value is -3.54. The summed E-state index contributed by atoms with van der Waals surface area (Å²) < 4.78 is 1.85. The van der Waals surface area contributed by atoms with E-state index in [1.54, 1.807) is 12.3 Å². The predicted octanol–water partition coefficient (Wildman–Crippen LogP) is 4.94. The standard InChI is InChI=1S/C23H23N5O/c1-14(2)28-22-19(13-24-28)18(23(29)27-21-11-7-9-16(4)25-21)12-20(26-22)17-10-6-5-8-15(17)3/h5-14H,1-4H3,(H,25,27,29). The fourth-order valence-corrected chi connectivity index (χ4v) is 3.38. The molecule has 146 valence electrons. The maximum atomic E-state index is 13.2. The molecule has 3 aromatic heterocycles. The van der Waals surface area contributed by atoms with E-state index in [9.17, 15) is 4.79 Å². The fraction of sp³-hybridized carbons (Fsp3) is 0.217. The SMILES string of the molecule is Cc1cccc(NC(=O)c2cc(-c3ccccc3C)nc3c2cnn3C(C)C)n1. The van der Waals surface area contributed by atoms with E-state index in [2.05, 4.69) is 15.4 Å². The molecule has 0 aliphatic heterocycles. The molecule has 0 aliphatic rings. The highest BCUT2D eigenvalue weighted by Crippen LogP contribution is 2.28. The molecule has 3 heterocycles. The van der Waals surface area contributed by atoms with E-state index in [0.29, 0.717) is 17.0 Å². The molecule has 0 saturated carbocycles. The van der Waals surface area contributed by atoms with Crippen molar-refractivity contribution < 1.29 is 4.79 Å². The van der Waals surface area contributed by atoms with E-state index in [-0.39, 0.29) is 11.9 Å². The predicted molar refractivity (Wildman–Crippen MR) is 115 cm³/mol. The van der Waals surface area contributed by atoms with Gasteiger partial charge in [0.2, 0.25) is 0 Å². The number of nitrogens with one attached hydrogen (secondary N) is 1. The molecule has 6 nitrogen and oxygen atoms in total. The van der Waals surface area contributed by atoms with Crippen LogP contribution < -0.4 is 5.32 Å². The van der Waals surface area contributed by atoms with Crippen molar-refractivity contribution in [1.29, 1.82) is 0 Å². The average molecular weight is 385 g/mol. The summed E-state index contributed by atoms with van der Waals surface area (Å²) in [6.45, 7) is 8.02. The summed E-state index contributed by atoms with van der Waals surface area (Å²) >= 11 is 0. The summed E-state index contributed by atoms with van der Waals surface area (Å²) in [5, 5.41) is 8.11. The van der Waals surface area contributed by atoms with Gasteiger partial charge in [0.05, 0.1) is 22.8 Å². The molecule has 1 N–H and O–H groups in total. The Balaban J connectivity index is 1.88. The highest BCUT2D eigenvalue weighted by molar-refractivity contribution is 6.12. The number of amides is 1. The van der Waals surface area contributed by atoms with Crippen LogP contribution >= 0.6 is 0 Å². The normalized spacial score (nSPS) is 11.2. The van der Waals surface area contributed by atoms with Crippen LogP contribution in [0.3, 0.4) is 0 Å². The summed E-state index contributed by atoms with van der Waals surface area (Å²) in [5.74, 6) is 0.294. The Morgan fingerprint density at radius 3 is 2.55 bits per heavy atom. The van der Waals surface area contributed by atoms with Gasteiger partial charge in [0.25, 0.3) is 5.91 Å². The minimum atomic E-state index is -0.228. The quantitative estimate of drug-likeness (QED) is 0.540. The molecule has 4 rings (SSSR count). The molecule has 0 atom stereocenters. The lowest BCUT2D eigenvalue weighted by atomic mass is 10.0. The van der Waals surface area contributed by atoms with Gasteiger partial charge < -0.3 is 5.32 Å². The van der Waals surface area contributed by atoms with Gasteiger partial charge in [0.1, 0.15) is 5.82 Å². The van der Waals surface area contributed by atoms with Crippen molar-refractivity contribution in [3.8, 4) is 11.3 Å². The molecule has 0 saturated heterocycles. The van der Waals surface area contributed by atoms with E-state index in [1.165, 1.54) is 0 Å². The first kappa shape index (κ1) is 18.8. The van der Waals surface area contributed by atoms with E-state index in [1.807, 2.05) is 74.8 Å². The Kier molecular flexibility index (Phi) is 4.84. The molecule has 4 aromatic rings. The van der Waals surface area contributed by atoms with Gasteiger partial charge in [-0.3, -0.25) is 4.79 Å². The highest BCUT2D eigenvalue weighted by atomic mass is 16.1. The lowest BCUT2D eigenvalue weighted by molar-refractivity contribution is 0.102. The van der Waals surface area contributed by atoms with Crippen molar-refractivity contribution in [2.24, 2.45) is 0 Å². The topological polar surface area (TPSA) is 72.7 Å². The number of carbonyl (C=O) groups is 1. The molecular weight excluding hydrogens is 362 g/mol. The summed E-state index contributed by atoms with van der Waals surface area (Å²) in [6, 6.07) is 15.5. The largest absolute Gasteiger partial charge is 0.307 e. The second-order valence-corrected chi connectivity index (χ2v) is 7.41. The third kappa shape index (κ3) is 3.61. The maximum Gasteiger partial charge on any atom is 0.257 e. The van der Waals surface area contributed by atoms with Crippen LogP contribution in [0, 0.1) is 13.8 Å². The molecule has 0 bridgehead atoms. The number of carbonyl (C=O) groups excluding carboxylic acids is 1. The van der Waals surface area contributed by atoms with Crippen LogP contribution in [0.2, 0.25) is 0 Å². The van der Waals surface area contributed by atoms with Gasteiger partial charge in [0.15, 0.2) is 5.65 Å². The first-order valence-corrected chi connectivity index (χ1v) is 9.63. The number of hydrogen-bond donors (Lipinski definition) is 1. The Morgan fingerprint density at radius 2 is 1.83 bits per heavy atom. The molecule has 6 heteroatoms. The third-order valence-electron chi connectivity index (χ3n) is 4.85. The number of pyridine rings is 2. The summed E-state index contributed by atoms with van der Waals surface area (Å²) in [4.78, 5) is 22.4. The maximum absolute atomic E-state index is 13.2. The van der Waals surface area contributed by atoms with E-state index >= 15 is 0 Å². The van der Waals surface area contributed by atoms with Crippen molar-refractivity contribution in [3.63, 3.8) is 0 Å². The van der Waals surface area contributed by atoms with E-state index in [0.717, 1.165) is 27.9 Å². The highest BCUT2D eigenvalue weighted by Gasteiger charge is 2.19. The first-order chi connectivity index (χ1) is 13.9. The van der Waals surface area contributed by atoms with Gasteiger partial charge in [-0.2, -0.15) is 5.10 Å². The smallest absolute Gasteiger partial charge is 0.257 e. The van der Waals surface area contributed by atoms with Crippen molar-refractivity contribution in [1.82, 2.24) is 19.7 Å². The molecule has 29 heavy (non-hydrogen) atoms. The van der Waals surface area contributed by atoms with Crippen LogP contribution in [0.1, 0.15) is 41.5 Å². The number of aromatic nitrogens is 4. The summed E-state index contributed by atoms with van der Waals surface area (Å²) in [5.41, 5.74) is 4.91. The van der Waals surface area contributed by atoms with Crippen LogP contribution in [0.5, 0.6) is 0 Å². The first-order valence-electron chi connectivity index (χ1n) is 9.63. The molecule has 0 unspecified atom stereocenters. The van der Waals surface area contributed by atoms with Gasteiger partial charge in [0, 0.05) is 17.3 Å². The minimum absolute atomic E-state index is 0.126. The number of aryl methyl sites for hydroxylation is 2. The number of fused-ring (bicyclic) bond motifs is 1. The Labute approximate surface area is 169 Å². The summed E-state index contributed by atoms with van der Waals surface area (Å²) in [7, 11) is 0. The van der Waals surface area contributed by atoms with Crippen LogP contribution in [0.15, 0.2) is 54.7 Å². The van der Waals surface area contributed by atoms with Crippen molar-refractivity contribution >= 4 is 22.8 Å². The molecule has 1 aromatic carbocycles. The fourth-order valence-electron chi connectivity index (χ4n) is 3.38. The molecular formula is C23H23N5O. The number of hydrogen-bond acceptors (Lipinski definition) is 4. The molecule has 0 fully saturated rings. The number of benzene rings is 1.